The highest BCUT2D eigenvalue weighted by Gasteiger charge is 2.15. The summed E-state index contributed by atoms with van der Waals surface area (Å²) in [6.07, 6.45) is 1.93. The molecule has 2 aromatic heterocycles. The van der Waals surface area contributed by atoms with E-state index in [0.29, 0.717) is 17.3 Å². The summed E-state index contributed by atoms with van der Waals surface area (Å²) in [7, 11) is 0. The Morgan fingerprint density at radius 2 is 1.89 bits per heavy atom. The van der Waals surface area contributed by atoms with Crippen molar-refractivity contribution in [2.24, 2.45) is 0 Å². The Morgan fingerprint density at radius 1 is 1.06 bits per heavy atom. The maximum absolute atomic E-state index is 11.6. The van der Waals surface area contributed by atoms with Crippen LogP contribution >= 0.6 is 22.9 Å². The number of hydrogen-bond acceptors (Lipinski definition) is 4. The average molecular weight is 504 g/mol. The van der Waals surface area contributed by atoms with Crippen molar-refractivity contribution in [2.45, 2.75) is 32.9 Å². The number of nitrogen functional groups attached to an aromatic ring is 1. The van der Waals surface area contributed by atoms with Crippen molar-refractivity contribution < 1.29 is 9.90 Å². The van der Waals surface area contributed by atoms with Crippen molar-refractivity contribution in [2.75, 3.05) is 11.1 Å². The first-order chi connectivity index (χ1) is 16.8. The SMILES string of the molecule is CC(C)Nc1cc(N)cc(-c2ccc3c(CC(=O)O)cn(Cc4csc5ccc(Cl)cc45)c3c2)c1. The minimum atomic E-state index is -0.846. The van der Waals surface area contributed by atoms with Crippen molar-refractivity contribution in [1.82, 2.24) is 4.57 Å². The van der Waals surface area contributed by atoms with Crippen molar-refractivity contribution in [3.05, 3.63) is 82.3 Å². The van der Waals surface area contributed by atoms with E-state index >= 15 is 0 Å². The Kier molecular flexibility index (Phi) is 6.17. The summed E-state index contributed by atoms with van der Waals surface area (Å²) in [5.74, 6) is -0.846. The summed E-state index contributed by atoms with van der Waals surface area (Å²) in [5.41, 5.74) is 12.8. The molecule has 0 bridgehead atoms. The molecule has 0 amide bonds. The maximum atomic E-state index is 11.6. The average Bonchev–Trinajstić information content (AvgIpc) is 3.33. The summed E-state index contributed by atoms with van der Waals surface area (Å²) in [6.45, 7) is 4.80. The predicted molar refractivity (Wildman–Crippen MR) is 148 cm³/mol. The van der Waals surface area contributed by atoms with E-state index in [4.69, 9.17) is 17.3 Å². The van der Waals surface area contributed by atoms with Crippen LogP contribution in [0.5, 0.6) is 0 Å². The third-order valence-electron chi connectivity index (χ3n) is 6.01. The summed E-state index contributed by atoms with van der Waals surface area (Å²) < 4.78 is 3.32. The van der Waals surface area contributed by atoms with Gasteiger partial charge in [0.15, 0.2) is 0 Å². The third kappa shape index (κ3) is 4.85. The number of fused-ring (bicyclic) bond motifs is 2. The van der Waals surface area contributed by atoms with Gasteiger partial charge in [0, 0.05) is 50.8 Å². The first kappa shape index (κ1) is 23.3. The van der Waals surface area contributed by atoms with Gasteiger partial charge in [-0.25, -0.2) is 0 Å². The van der Waals surface area contributed by atoms with Crippen LogP contribution in [0.4, 0.5) is 11.4 Å². The fraction of sp³-hybridized carbons (Fsp3) is 0.179. The third-order valence-corrected chi connectivity index (χ3v) is 7.25. The van der Waals surface area contributed by atoms with Crippen LogP contribution in [0.2, 0.25) is 5.02 Å². The number of thiophene rings is 1. The highest BCUT2D eigenvalue weighted by Crippen LogP contribution is 2.34. The Bertz CT molecular complexity index is 1570. The number of nitrogens with one attached hydrogen (secondary N) is 1. The number of aliphatic carboxylic acids is 1. The molecule has 0 saturated carbocycles. The van der Waals surface area contributed by atoms with E-state index in [1.54, 1.807) is 11.3 Å². The first-order valence-corrected chi connectivity index (χ1v) is 12.7. The zero-order valence-corrected chi connectivity index (χ0v) is 21.1. The number of nitrogens with zero attached hydrogens (tertiary/aromatic N) is 1. The van der Waals surface area contributed by atoms with Gasteiger partial charge < -0.3 is 20.7 Å². The zero-order chi connectivity index (χ0) is 24.7. The fourth-order valence-electron chi connectivity index (χ4n) is 4.58. The molecular weight excluding hydrogens is 478 g/mol. The van der Waals surface area contributed by atoms with Gasteiger partial charge >= 0.3 is 5.97 Å². The summed E-state index contributed by atoms with van der Waals surface area (Å²) in [4.78, 5) is 11.6. The molecule has 0 saturated heterocycles. The van der Waals surface area contributed by atoms with Gasteiger partial charge in [-0.2, -0.15) is 0 Å². The standard InChI is InChI=1S/C28H26ClN3O2S/c1-16(2)31-23-8-18(7-22(30)12-23)17-3-5-24-19(10-28(33)34)13-32(26(24)9-17)14-20-15-35-27-6-4-21(29)11-25(20)27/h3-9,11-13,15-16,31H,10,14,30H2,1-2H3,(H,33,34). The lowest BCUT2D eigenvalue weighted by molar-refractivity contribution is -0.136. The monoisotopic (exact) mass is 503 g/mol. The van der Waals surface area contributed by atoms with Gasteiger partial charge in [0.25, 0.3) is 0 Å². The molecule has 0 aliphatic heterocycles. The lowest BCUT2D eigenvalue weighted by Gasteiger charge is -2.13. The molecule has 4 N–H and O–H groups in total. The van der Waals surface area contributed by atoms with E-state index in [2.05, 4.69) is 41.2 Å². The fourth-order valence-corrected chi connectivity index (χ4v) is 5.68. The van der Waals surface area contributed by atoms with Crippen LogP contribution in [0.25, 0.3) is 32.1 Å². The Hall–Kier alpha value is -3.48. The molecule has 5 aromatic rings. The summed E-state index contributed by atoms with van der Waals surface area (Å²) in [6, 6.07) is 18.4. The van der Waals surface area contributed by atoms with Gasteiger partial charge in [0.05, 0.1) is 6.42 Å². The Balaban J connectivity index is 1.62. The van der Waals surface area contributed by atoms with E-state index in [1.807, 2.05) is 48.7 Å². The number of aromatic nitrogens is 1. The van der Waals surface area contributed by atoms with Crippen LogP contribution < -0.4 is 11.1 Å². The molecule has 2 heterocycles. The molecule has 0 unspecified atom stereocenters. The molecule has 0 spiro atoms. The van der Waals surface area contributed by atoms with Crippen molar-refractivity contribution >= 4 is 61.3 Å². The lowest BCUT2D eigenvalue weighted by atomic mass is 10.0. The van der Waals surface area contributed by atoms with Crippen LogP contribution in [0.15, 0.2) is 66.2 Å². The molecule has 7 heteroatoms. The van der Waals surface area contributed by atoms with Crippen LogP contribution in [-0.2, 0) is 17.8 Å². The molecular formula is C28H26ClN3O2S. The molecule has 0 aliphatic rings. The van der Waals surface area contributed by atoms with Gasteiger partial charge in [0.1, 0.15) is 0 Å². The highest BCUT2D eigenvalue weighted by atomic mass is 35.5. The van der Waals surface area contributed by atoms with Gasteiger partial charge in [-0.05, 0) is 89.3 Å². The minimum Gasteiger partial charge on any atom is -0.481 e. The van der Waals surface area contributed by atoms with E-state index in [0.717, 1.165) is 44.2 Å². The molecule has 0 atom stereocenters. The van der Waals surface area contributed by atoms with Gasteiger partial charge in [-0.3, -0.25) is 4.79 Å². The van der Waals surface area contributed by atoms with E-state index in [-0.39, 0.29) is 12.5 Å². The smallest absolute Gasteiger partial charge is 0.307 e. The van der Waals surface area contributed by atoms with Crippen LogP contribution in [-0.4, -0.2) is 21.7 Å². The number of nitrogens with two attached hydrogens (primary N) is 1. The second kappa shape index (κ2) is 9.29. The van der Waals surface area contributed by atoms with Gasteiger partial charge in [0.2, 0.25) is 0 Å². The van der Waals surface area contributed by atoms with Crippen LogP contribution in [0.1, 0.15) is 25.0 Å². The number of carboxylic acids is 1. The molecule has 0 fully saturated rings. The zero-order valence-electron chi connectivity index (χ0n) is 19.5. The molecule has 3 aromatic carbocycles. The Morgan fingerprint density at radius 3 is 2.66 bits per heavy atom. The lowest BCUT2D eigenvalue weighted by Crippen LogP contribution is -2.09. The number of carbonyl (C=O) groups is 1. The molecule has 35 heavy (non-hydrogen) atoms. The normalized spacial score (nSPS) is 11.5. The molecule has 0 aliphatic carbocycles. The topological polar surface area (TPSA) is 80.3 Å². The van der Waals surface area contributed by atoms with E-state index < -0.39 is 5.97 Å². The summed E-state index contributed by atoms with van der Waals surface area (Å²) >= 11 is 7.96. The van der Waals surface area contributed by atoms with Crippen molar-refractivity contribution in [1.29, 1.82) is 0 Å². The Labute approximate surface area is 212 Å². The van der Waals surface area contributed by atoms with Crippen molar-refractivity contribution in [3.63, 3.8) is 0 Å². The number of hydrogen-bond donors (Lipinski definition) is 3. The summed E-state index contributed by atoms with van der Waals surface area (Å²) in [5, 5.41) is 17.8. The van der Waals surface area contributed by atoms with Gasteiger partial charge in [-0.1, -0.05) is 23.7 Å². The van der Waals surface area contributed by atoms with Gasteiger partial charge in [-0.15, -0.1) is 11.3 Å². The largest absolute Gasteiger partial charge is 0.481 e. The maximum Gasteiger partial charge on any atom is 0.307 e. The predicted octanol–water partition coefficient (Wildman–Crippen LogP) is 7.25. The second-order valence-electron chi connectivity index (χ2n) is 9.13. The molecule has 5 nitrogen and oxygen atoms in total. The highest BCUT2D eigenvalue weighted by molar-refractivity contribution is 7.17. The number of rotatable bonds is 7. The van der Waals surface area contributed by atoms with Crippen LogP contribution in [0, 0.1) is 0 Å². The molecule has 178 valence electrons. The molecule has 0 radical (unpaired) electrons. The van der Waals surface area contributed by atoms with Crippen molar-refractivity contribution in [3.8, 4) is 11.1 Å². The van der Waals surface area contributed by atoms with Crippen LogP contribution in [0.3, 0.4) is 0 Å². The first-order valence-electron chi connectivity index (χ1n) is 11.4. The second-order valence-corrected chi connectivity index (χ2v) is 10.5. The number of halogens is 1. The van der Waals surface area contributed by atoms with E-state index in [1.165, 1.54) is 4.70 Å². The number of carboxylic acid groups (broad SMARTS) is 1. The minimum absolute atomic E-state index is 0.0280. The quantitative estimate of drug-likeness (QED) is 0.204. The van der Waals surface area contributed by atoms with E-state index in [9.17, 15) is 9.90 Å². The molecule has 5 rings (SSSR count). The number of anilines is 2. The number of benzene rings is 3.